The van der Waals surface area contributed by atoms with E-state index in [0.29, 0.717) is 17.7 Å². The second-order valence-electron chi connectivity index (χ2n) is 15.7. The van der Waals surface area contributed by atoms with Gasteiger partial charge in [-0.2, -0.15) is 0 Å². The third-order valence-corrected chi connectivity index (χ3v) is 10.7. The number of aryl methyl sites for hydroxylation is 2. The van der Waals surface area contributed by atoms with E-state index in [1.807, 2.05) is 60.7 Å². The van der Waals surface area contributed by atoms with Crippen LogP contribution in [-0.4, -0.2) is 34.4 Å². The zero-order chi connectivity index (χ0) is 36.5. The molecule has 0 bridgehead atoms. The molecule has 4 aromatic carbocycles. The summed E-state index contributed by atoms with van der Waals surface area (Å²) in [7, 11) is 0. The highest BCUT2D eigenvalue weighted by molar-refractivity contribution is 6.08. The van der Waals surface area contributed by atoms with Gasteiger partial charge in [-0.05, 0) is 78.3 Å². The van der Waals surface area contributed by atoms with Gasteiger partial charge in [0.1, 0.15) is 0 Å². The maximum Gasteiger partial charge on any atom is 0.252 e. The summed E-state index contributed by atoms with van der Waals surface area (Å²) in [5.74, 6) is -0.208. The minimum atomic E-state index is -0.233. The molecule has 264 valence electrons. The van der Waals surface area contributed by atoms with Crippen molar-refractivity contribution in [1.82, 2.24) is 20.6 Å². The molecule has 52 heavy (non-hydrogen) atoms. The third-order valence-electron chi connectivity index (χ3n) is 10.7. The largest absolute Gasteiger partial charge is 0.351 e. The highest BCUT2D eigenvalue weighted by Crippen LogP contribution is 2.46. The van der Waals surface area contributed by atoms with E-state index in [-0.39, 0.29) is 28.7 Å². The molecule has 1 saturated carbocycles. The molecule has 2 unspecified atom stereocenters. The Morgan fingerprint density at radius 3 is 1.63 bits per heavy atom. The Kier molecular flexibility index (Phi) is 9.67. The Balaban J connectivity index is 1.11. The third kappa shape index (κ3) is 7.48. The van der Waals surface area contributed by atoms with Crippen LogP contribution in [0, 0.1) is 10.8 Å². The number of nitrogens with one attached hydrogen (secondary N) is 2. The van der Waals surface area contributed by atoms with Crippen LogP contribution in [0.2, 0.25) is 0 Å². The van der Waals surface area contributed by atoms with Gasteiger partial charge >= 0.3 is 0 Å². The molecule has 1 aliphatic carbocycles. The summed E-state index contributed by atoms with van der Waals surface area (Å²) in [5.41, 5.74) is 8.63. The Morgan fingerprint density at radius 2 is 1.13 bits per heavy atom. The summed E-state index contributed by atoms with van der Waals surface area (Å²) in [4.78, 5) is 38.0. The van der Waals surface area contributed by atoms with Crippen LogP contribution in [0.5, 0.6) is 0 Å². The van der Waals surface area contributed by atoms with Crippen LogP contribution in [0.3, 0.4) is 0 Å². The zero-order valence-electron chi connectivity index (χ0n) is 30.9. The smallest absolute Gasteiger partial charge is 0.252 e. The molecule has 6 nitrogen and oxygen atoms in total. The predicted molar refractivity (Wildman–Crippen MR) is 212 cm³/mol. The van der Waals surface area contributed by atoms with Gasteiger partial charge in [-0.15, -0.1) is 0 Å². The normalized spacial score (nSPS) is 18.3. The summed E-state index contributed by atoms with van der Waals surface area (Å²) in [6.45, 7) is 11.5. The lowest BCUT2D eigenvalue weighted by atomic mass is 9.62. The fourth-order valence-corrected chi connectivity index (χ4v) is 8.37. The molecule has 0 radical (unpaired) electrons. The highest BCUT2D eigenvalue weighted by atomic mass is 16.2. The molecule has 1 aliphatic rings. The summed E-state index contributed by atoms with van der Waals surface area (Å²) in [5, 5.41) is 8.41. The molecule has 0 spiro atoms. The molecule has 1 fully saturated rings. The van der Waals surface area contributed by atoms with Gasteiger partial charge in [0.05, 0.1) is 33.5 Å². The molecule has 2 N–H and O–H groups in total. The van der Waals surface area contributed by atoms with E-state index < -0.39 is 0 Å². The van der Waals surface area contributed by atoms with Crippen LogP contribution in [0.15, 0.2) is 109 Å². The first-order chi connectivity index (χ1) is 25.0. The lowest BCUT2D eigenvalue weighted by molar-refractivity contribution is 0.0593. The Hall–Kier alpha value is -5.36. The highest BCUT2D eigenvalue weighted by Gasteiger charge is 2.42. The first-order valence-corrected chi connectivity index (χ1v) is 18.6. The average Bonchev–Trinajstić information content (AvgIpc) is 3.15. The lowest BCUT2D eigenvalue weighted by Crippen LogP contribution is -2.50. The fourth-order valence-electron chi connectivity index (χ4n) is 8.37. The second kappa shape index (κ2) is 14.3. The number of rotatable bonds is 9. The van der Waals surface area contributed by atoms with Crippen molar-refractivity contribution >= 4 is 33.6 Å². The van der Waals surface area contributed by atoms with Gasteiger partial charge in [0.15, 0.2) is 0 Å². The molecule has 7 rings (SSSR count). The number of nitrogens with zero attached hydrogens (tertiary/aromatic N) is 2. The molecular formula is C46H48N4O2. The Labute approximate surface area is 307 Å². The maximum atomic E-state index is 14.2. The number of carbonyl (C=O) groups is 2. The molecule has 2 amide bonds. The van der Waals surface area contributed by atoms with E-state index in [1.54, 1.807) is 0 Å². The van der Waals surface area contributed by atoms with Crippen molar-refractivity contribution in [2.75, 3.05) is 6.54 Å². The lowest BCUT2D eigenvalue weighted by Gasteiger charge is -2.47. The van der Waals surface area contributed by atoms with Crippen LogP contribution in [0.4, 0.5) is 0 Å². The zero-order valence-corrected chi connectivity index (χ0v) is 30.9. The summed E-state index contributed by atoms with van der Waals surface area (Å²) >= 11 is 0. The van der Waals surface area contributed by atoms with Crippen LogP contribution >= 0.6 is 0 Å². The Bertz CT molecular complexity index is 2260. The number of pyridine rings is 2. The number of hydrogen-bond donors (Lipinski definition) is 2. The standard InChI is InChI=1S/C46H48N4O2/c1-6-30-16-20-32(21-17-30)41-24-37(35-12-8-10-14-39(35)49-41)43(51)47-29-46(5)27-34(26-45(3,4)28-46)48-44(52)38-25-42(33-22-18-31(7-2)19-23-33)50-40-15-11-9-13-36(38)40/h8-25,34H,6-7,26-29H2,1-5H3,(H,47,51)(H,48,52). The van der Waals surface area contributed by atoms with Crippen LogP contribution in [0.25, 0.3) is 44.3 Å². The molecule has 6 aromatic rings. The monoisotopic (exact) mass is 688 g/mol. The number of amides is 2. The molecular weight excluding hydrogens is 641 g/mol. The Morgan fingerprint density at radius 1 is 0.654 bits per heavy atom. The maximum absolute atomic E-state index is 14.2. The quantitative estimate of drug-likeness (QED) is 0.158. The first kappa shape index (κ1) is 35.1. The van der Waals surface area contributed by atoms with E-state index >= 15 is 0 Å². The molecule has 2 atom stereocenters. The van der Waals surface area contributed by atoms with Crippen molar-refractivity contribution in [2.45, 2.75) is 72.8 Å². The van der Waals surface area contributed by atoms with Crippen molar-refractivity contribution in [1.29, 1.82) is 0 Å². The van der Waals surface area contributed by atoms with Gasteiger partial charge in [0.25, 0.3) is 11.8 Å². The van der Waals surface area contributed by atoms with Crippen molar-refractivity contribution in [3.63, 3.8) is 0 Å². The second-order valence-corrected chi connectivity index (χ2v) is 15.7. The van der Waals surface area contributed by atoms with Crippen molar-refractivity contribution in [3.05, 3.63) is 131 Å². The van der Waals surface area contributed by atoms with Crippen molar-refractivity contribution in [3.8, 4) is 22.5 Å². The van der Waals surface area contributed by atoms with E-state index in [1.165, 1.54) is 11.1 Å². The van der Waals surface area contributed by atoms with Gasteiger partial charge in [0, 0.05) is 34.5 Å². The summed E-state index contributed by atoms with van der Waals surface area (Å²) < 4.78 is 0. The van der Waals surface area contributed by atoms with Crippen LogP contribution < -0.4 is 10.6 Å². The number of hydrogen-bond acceptors (Lipinski definition) is 4. The molecule has 0 saturated heterocycles. The summed E-state index contributed by atoms with van der Waals surface area (Å²) in [6.07, 6.45) is 4.47. The van der Waals surface area contributed by atoms with E-state index in [9.17, 15) is 9.59 Å². The van der Waals surface area contributed by atoms with E-state index in [2.05, 4.69) is 93.8 Å². The fraction of sp³-hybridized carbons (Fsp3) is 0.304. The van der Waals surface area contributed by atoms with Crippen LogP contribution in [0.1, 0.15) is 85.7 Å². The molecule has 2 heterocycles. The average molecular weight is 689 g/mol. The van der Waals surface area contributed by atoms with E-state index in [0.717, 1.165) is 76.4 Å². The van der Waals surface area contributed by atoms with Gasteiger partial charge in [0.2, 0.25) is 0 Å². The molecule has 0 aliphatic heterocycles. The topological polar surface area (TPSA) is 84.0 Å². The molecule has 2 aromatic heterocycles. The minimum absolute atomic E-state index is 0.0383. The van der Waals surface area contributed by atoms with Crippen LogP contribution in [-0.2, 0) is 12.8 Å². The SMILES string of the molecule is CCc1ccc(-c2cc(C(=O)NCC3(C)CC(NC(=O)c4cc(-c5ccc(CC)cc5)nc5ccccc45)CC(C)(C)C3)c3ccccc3n2)cc1. The van der Waals surface area contributed by atoms with Crippen molar-refractivity contribution < 1.29 is 9.59 Å². The van der Waals surface area contributed by atoms with Gasteiger partial charge in [-0.1, -0.05) is 120 Å². The van der Waals surface area contributed by atoms with Gasteiger partial charge < -0.3 is 10.6 Å². The predicted octanol–water partition coefficient (Wildman–Crippen LogP) is 9.99. The number of fused-ring (bicyclic) bond motifs is 2. The summed E-state index contributed by atoms with van der Waals surface area (Å²) in [6, 6.07) is 36.3. The van der Waals surface area contributed by atoms with Gasteiger partial charge in [-0.25, -0.2) is 9.97 Å². The van der Waals surface area contributed by atoms with E-state index in [4.69, 9.17) is 9.97 Å². The number of para-hydroxylation sites is 2. The van der Waals surface area contributed by atoms with Gasteiger partial charge in [-0.3, -0.25) is 9.59 Å². The molecule has 6 heteroatoms. The number of aromatic nitrogens is 2. The van der Waals surface area contributed by atoms with Crippen molar-refractivity contribution in [2.24, 2.45) is 10.8 Å². The minimum Gasteiger partial charge on any atom is -0.351 e. The first-order valence-electron chi connectivity index (χ1n) is 18.6. The number of benzene rings is 4. The number of carbonyl (C=O) groups excluding carboxylic acids is 2.